The predicted octanol–water partition coefficient (Wildman–Crippen LogP) is 1.86. The monoisotopic (exact) mass is 240 g/mol. The summed E-state index contributed by atoms with van der Waals surface area (Å²) in [5.74, 6) is -0.452. The van der Waals surface area contributed by atoms with Gasteiger partial charge in [0, 0.05) is 5.41 Å². The van der Waals surface area contributed by atoms with E-state index in [1.54, 1.807) is 51.1 Å². The van der Waals surface area contributed by atoms with Crippen LogP contribution in [0.25, 0.3) is 0 Å². The van der Waals surface area contributed by atoms with E-state index in [1.165, 1.54) is 0 Å². The van der Waals surface area contributed by atoms with Crippen LogP contribution in [0.2, 0.25) is 0 Å². The third-order valence-corrected chi connectivity index (χ3v) is 2.64. The molecule has 1 rings (SSSR count). The molecule has 1 aromatic rings. The molecule has 0 bridgehead atoms. The highest BCUT2D eigenvalue weighted by Crippen LogP contribution is 2.23. The van der Waals surface area contributed by atoms with Gasteiger partial charge in [-0.25, -0.2) is 4.31 Å². The van der Waals surface area contributed by atoms with E-state index in [0.717, 1.165) is 4.31 Å². The summed E-state index contributed by atoms with van der Waals surface area (Å²) in [6.07, 6.45) is 0. The first-order chi connectivity index (χ1) is 7.34. The number of amides is 1. The van der Waals surface area contributed by atoms with Gasteiger partial charge in [0.05, 0.1) is 17.0 Å². The van der Waals surface area contributed by atoms with Crippen LogP contribution in [0.5, 0.6) is 0 Å². The summed E-state index contributed by atoms with van der Waals surface area (Å²) < 4.78 is 23.0. The van der Waals surface area contributed by atoms with Gasteiger partial charge in [-0.05, 0) is 12.1 Å². The van der Waals surface area contributed by atoms with Crippen LogP contribution in [0, 0.1) is 5.41 Å². The van der Waals surface area contributed by atoms with Crippen molar-refractivity contribution in [1.82, 2.24) is 0 Å². The van der Waals surface area contributed by atoms with E-state index in [-0.39, 0.29) is 0 Å². The largest absolute Gasteiger partial charge is 0.755 e. The van der Waals surface area contributed by atoms with E-state index in [9.17, 15) is 13.6 Å². The summed E-state index contributed by atoms with van der Waals surface area (Å²) in [6, 6.07) is 8.30. The number of hydrogen-bond acceptors (Lipinski definition) is 3. The zero-order chi connectivity index (χ0) is 12.3. The summed E-state index contributed by atoms with van der Waals surface area (Å²) >= 11 is -2.60. The quantitative estimate of drug-likeness (QED) is 0.741. The maximum absolute atomic E-state index is 11.9. The zero-order valence-corrected chi connectivity index (χ0v) is 10.3. The first-order valence-electron chi connectivity index (χ1n) is 4.83. The number of carbonyl (C=O) groups is 1. The highest BCUT2D eigenvalue weighted by Gasteiger charge is 2.28. The van der Waals surface area contributed by atoms with Gasteiger partial charge in [-0.3, -0.25) is 9.00 Å². The Bertz CT molecular complexity index is 397. The fraction of sp³-hybridized carbons (Fsp3) is 0.364. The number of hydrogen-bond donors (Lipinski definition) is 0. The Balaban J connectivity index is 3.12. The Morgan fingerprint density at radius 1 is 1.25 bits per heavy atom. The van der Waals surface area contributed by atoms with Gasteiger partial charge < -0.3 is 4.55 Å². The Labute approximate surface area is 97.7 Å². The molecule has 4 nitrogen and oxygen atoms in total. The molecule has 0 saturated carbocycles. The number of para-hydroxylation sites is 1. The van der Waals surface area contributed by atoms with Gasteiger partial charge in [0.2, 0.25) is 5.91 Å². The van der Waals surface area contributed by atoms with Gasteiger partial charge in [-0.15, -0.1) is 0 Å². The van der Waals surface area contributed by atoms with Crippen molar-refractivity contribution in [3.05, 3.63) is 30.3 Å². The topological polar surface area (TPSA) is 60.4 Å². The molecule has 0 radical (unpaired) electrons. The standard InChI is InChI=1S/C11H15NO3S/c1-11(2,3)10(13)12(16(14)15)9-7-5-4-6-8-9/h4-8H,1-3H3,(H,14,15)/p-1. The van der Waals surface area contributed by atoms with E-state index in [1.807, 2.05) is 0 Å². The van der Waals surface area contributed by atoms with Crippen molar-refractivity contribution in [1.29, 1.82) is 0 Å². The number of carbonyl (C=O) groups excluding carboxylic acids is 1. The van der Waals surface area contributed by atoms with Crippen LogP contribution in [0.4, 0.5) is 5.69 Å². The first-order valence-corrected chi connectivity index (χ1v) is 5.86. The Morgan fingerprint density at radius 3 is 2.12 bits per heavy atom. The second-order valence-electron chi connectivity index (χ2n) is 4.40. The van der Waals surface area contributed by atoms with Gasteiger partial charge in [-0.2, -0.15) is 0 Å². The van der Waals surface area contributed by atoms with Crippen LogP contribution >= 0.6 is 0 Å². The third kappa shape index (κ3) is 2.90. The molecule has 1 atom stereocenters. The lowest BCUT2D eigenvalue weighted by atomic mass is 9.95. The van der Waals surface area contributed by atoms with Crippen molar-refractivity contribution in [2.75, 3.05) is 4.31 Å². The molecule has 1 unspecified atom stereocenters. The molecule has 0 aliphatic carbocycles. The van der Waals surface area contributed by atoms with Gasteiger partial charge in [0.15, 0.2) is 0 Å². The van der Waals surface area contributed by atoms with E-state index in [0.29, 0.717) is 5.69 Å². The van der Waals surface area contributed by atoms with Crippen molar-refractivity contribution in [3.63, 3.8) is 0 Å². The SMILES string of the molecule is CC(C)(C)C(=O)N(c1ccccc1)S(=O)[O-]. The normalized spacial score (nSPS) is 13.2. The third-order valence-electron chi connectivity index (χ3n) is 1.97. The summed E-state index contributed by atoms with van der Waals surface area (Å²) in [6.45, 7) is 5.04. The summed E-state index contributed by atoms with van der Waals surface area (Å²) in [4.78, 5) is 11.9. The first kappa shape index (κ1) is 12.9. The van der Waals surface area contributed by atoms with Crippen LogP contribution < -0.4 is 4.31 Å². The van der Waals surface area contributed by atoms with Gasteiger partial charge >= 0.3 is 0 Å². The smallest absolute Gasteiger partial charge is 0.243 e. The molecule has 0 aliphatic rings. The number of anilines is 1. The van der Waals surface area contributed by atoms with E-state index >= 15 is 0 Å². The predicted molar refractivity (Wildman–Crippen MR) is 62.3 cm³/mol. The highest BCUT2D eigenvalue weighted by molar-refractivity contribution is 7.81. The summed E-state index contributed by atoms with van der Waals surface area (Å²) in [5, 5.41) is 0. The van der Waals surface area contributed by atoms with Crippen LogP contribution in [0.1, 0.15) is 20.8 Å². The fourth-order valence-corrected chi connectivity index (χ4v) is 1.84. The second kappa shape index (κ2) is 4.76. The lowest BCUT2D eigenvalue weighted by molar-refractivity contribution is -0.124. The van der Waals surface area contributed by atoms with Crippen molar-refractivity contribution in [3.8, 4) is 0 Å². The second-order valence-corrected chi connectivity index (χ2v) is 5.20. The summed E-state index contributed by atoms with van der Waals surface area (Å²) in [5.41, 5.74) is -0.383. The minimum Gasteiger partial charge on any atom is -0.755 e. The molecule has 5 heteroatoms. The minimum atomic E-state index is -2.60. The van der Waals surface area contributed by atoms with Crippen LogP contribution in [-0.4, -0.2) is 14.7 Å². The molecular weight excluding hydrogens is 226 g/mol. The Hall–Kier alpha value is -1.20. The molecule has 0 saturated heterocycles. The Kier molecular flexibility index (Phi) is 3.83. The molecular formula is C11H14NO3S-. The molecule has 0 N–H and O–H groups in total. The number of nitrogens with zero attached hydrogens (tertiary/aromatic N) is 1. The van der Waals surface area contributed by atoms with Crippen molar-refractivity contribution in [2.24, 2.45) is 5.41 Å². The Morgan fingerprint density at radius 2 is 1.75 bits per heavy atom. The molecule has 0 aliphatic heterocycles. The van der Waals surface area contributed by atoms with Gasteiger partial charge in [0.1, 0.15) is 0 Å². The molecule has 16 heavy (non-hydrogen) atoms. The molecule has 0 aromatic heterocycles. The van der Waals surface area contributed by atoms with E-state index < -0.39 is 22.6 Å². The molecule has 0 spiro atoms. The van der Waals surface area contributed by atoms with Crippen LogP contribution in [-0.2, 0) is 16.1 Å². The maximum Gasteiger partial charge on any atom is 0.243 e. The molecule has 0 heterocycles. The molecule has 1 aromatic carbocycles. The fourth-order valence-electron chi connectivity index (χ4n) is 1.14. The van der Waals surface area contributed by atoms with E-state index in [4.69, 9.17) is 0 Å². The lowest BCUT2D eigenvalue weighted by Crippen LogP contribution is -2.40. The molecule has 88 valence electrons. The van der Waals surface area contributed by atoms with Crippen molar-refractivity contribution in [2.45, 2.75) is 20.8 Å². The van der Waals surface area contributed by atoms with Crippen LogP contribution in [0.15, 0.2) is 30.3 Å². The maximum atomic E-state index is 11.9. The minimum absolute atomic E-state index is 0.357. The zero-order valence-electron chi connectivity index (χ0n) is 9.47. The van der Waals surface area contributed by atoms with Gasteiger partial charge in [-0.1, -0.05) is 39.0 Å². The van der Waals surface area contributed by atoms with Crippen molar-refractivity contribution < 1.29 is 13.6 Å². The molecule has 1 amide bonds. The van der Waals surface area contributed by atoms with E-state index in [2.05, 4.69) is 0 Å². The van der Waals surface area contributed by atoms with Crippen molar-refractivity contribution >= 4 is 22.9 Å². The average Bonchev–Trinajstić information content (AvgIpc) is 2.17. The molecule has 0 fully saturated rings. The van der Waals surface area contributed by atoms with Crippen LogP contribution in [0.3, 0.4) is 0 Å². The highest BCUT2D eigenvalue weighted by atomic mass is 32.2. The average molecular weight is 240 g/mol. The number of benzene rings is 1. The van der Waals surface area contributed by atoms with Gasteiger partial charge in [0.25, 0.3) is 0 Å². The lowest BCUT2D eigenvalue weighted by Gasteiger charge is -2.30. The summed E-state index contributed by atoms with van der Waals surface area (Å²) in [7, 11) is 0. The number of rotatable bonds is 2.